The first-order valence-corrected chi connectivity index (χ1v) is 11.6. The van der Waals surface area contributed by atoms with Gasteiger partial charge in [0, 0.05) is 0 Å². The van der Waals surface area contributed by atoms with Crippen molar-refractivity contribution in [3.05, 3.63) is 90.3 Å². The van der Waals surface area contributed by atoms with Crippen LogP contribution in [0.4, 0.5) is 0 Å². The van der Waals surface area contributed by atoms with Crippen LogP contribution in [-0.2, 0) is 16.1 Å². The highest BCUT2D eigenvalue weighted by atomic mass is 32.2. The van der Waals surface area contributed by atoms with Gasteiger partial charge in [-0.1, -0.05) is 42.5 Å². The van der Waals surface area contributed by atoms with E-state index in [-0.39, 0.29) is 23.7 Å². The molecule has 0 spiro atoms. The third-order valence-corrected chi connectivity index (χ3v) is 6.59. The van der Waals surface area contributed by atoms with E-state index in [4.69, 9.17) is 4.74 Å². The predicted molar refractivity (Wildman–Crippen MR) is 128 cm³/mol. The van der Waals surface area contributed by atoms with Gasteiger partial charge in [-0.2, -0.15) is 0 Å². The highest BCUT2D eigenvalue weighted by Crippen LogP contribution is 2.38. The molecule has 1 atom stereocenters. The predicted octanol–water partition coefficient (Wildman–Crippen LogP) is 4.44. The number of thioether (sulfide) groups is 1. The summed E-state index contributed by atoms with van der Waals surface area (Å²) in [6.45, 7) is 1.94. The summed E-state index contributed by atoms with van der Waals surface area (Å²) in [7, 11) is 0. The fraction of sp³-hybridized carbons (Fsp3) is 0.160. The molecular formula is C25H22N4O3S. The Morgan fingerprint density at radius 1 is 1.06 bits per heavy atom. The van der Waals surface area contributed by atoms with Crippen LogP contribution in [0.3, 0.4) is 0 Å². The van der Waals surface area contributed by atoms with Crippen LogP contribution in [0.5, 0.6) is 11.5 Å². The van der Waals surface area contributed by atoms with Crippen LogP contribution in [0.25, 0.3) is 11.0 Å². The van der Waals surface area contributed by atoms with E-state index in [9.17, 15) is 9.59 Å². The van der Waals surface area contributed by atoms with Gasteiger partial charge in [0.15, 0.2) is 0 Å². The molecule has 1 aliphatic heterocycles. The zero-order valence-electron chi connectivity index (χ0n) is 18.0. The van der Waals surface area contributed by atoms with E-state index < -0.39 is 0 Å². The summed E-state index contributed by atoms with van der Waals surface area (Å²) in [4.78, 5) is 30.0. The number of nitrogens with one attached hydrogen (secondary N) is 1. The van der Waals surface area contributed by atoms with Crippen LogP contribution in [0, 0.1) is 6.92 Å². The summed E-state index contributed by atoms with van der Waals surface area (Å²) in [6.07, 6.45) is 0. The van der Waals surface area contributed by atoms with Crippen molar-refractivity contribution in [3.63, 3.8) is 0 Å². The molecule has 8 heteroatoms. The molecule has 7 nitrogen and oxygen atoms in total. The molecule has 3 aromatic carbocycles. The summed E-state index contributed by atoms with van der Waals surface area (Å²) in [5.74, 6) is 2.03. The summed E-state index contributed by atoms with van der Waals surface area (Å²) in [5.41, 5.74) is 5.41. The monoisotopic (exact) mass is 458 g/mol. The number of aromatic nitrogens is 2. The lowest BCUT2D eigenvalue weighted by Crippen LogP contribution is -2.45. The van der Waals surface area contributed by atoms with Crippen LogP contribution < -0.4 is 10.2 Å². The SMILES string of the molecule is Cc1nc2ccccc2n1CC(=O)NN1C(=O)CSC1c1cccc(Oc2ccccc2)c1. The van der Waals surface area contributed by atoms with Crippen LogP contribution >= 0.6 is 11.8 Å². The van der Waals surface area contributed by atoms with E-state index in [0.717, 1.165) is 28.2 Å². The topological polar surface area (TPSA) is 76.5 Å². The summed E-state index contributed by atoms with van der Waals surface area (Å²) in [5, 5.41) is 1.09. The molecule has 2 amide bonds. The van der Waals surface area contributed by atoms with Crippen molar-refractivity contribution in [1.82, 2.24) is 20.0 Å². The smallest absolute Gasteiger partial charge is 0.258 e. The summed E-state index contributed by atoms with van der Waals surface area (Å²) < 4.78 is 7.78. The van der Waals surface area contributed by atoms with Crippen molar-refractivity contribution in [2.45, 2.75) is 18.8 Å². The molecule has 1 saturated heterocycles. The van der Waals surface area contributed by atoms with Gasteiger partial charge < -0.3 is 9.30 Å². The first-order valence-electron chi connectivity index (χ1n) is 10.6. The normalized spacial score (nSPS) is 15.7. The van der Waals surface area contributed by atoms with E-state index in [1.54, 1.807) is 0 Å². The first kappa shape index (κ1) is 21.1. The number of para-hydroxylation sites is 3. The molecule has 0 radical (unpaired) electrons. The Hall–Kier alpha value is -3.78. The molecule has 1 N–H and O–H groups in total. The second kappa shape index (κ2) is 8.99. The minimum absolute atomic E-state index is 0.0741. The van der Waals surface area contributed by atoms with E-state index in [2.05, 4.69) is 10.4 Å². The van der Waals surface area contributed by atoms with Gasteiger partial charge in [-0.15, -0.1) is 11.8 Å². The lowest BCUT2D eigenvalue weighted by atomic mass is 10.2. The van der Waals surface area contributed by atoms with E-state index in [1.807, 2.05) is 90.4 Å². The highest BCUT2D eigenvalue weighted by Gasteiger charge is 2.34. The van der Waals surface area contributed by atoms with Gasteiger partial charge in [-0.05, 0) is 48.9 Å². The van der Waals surface area contributed by atoms with E-state index >= 15 is 0 Å². The number of rotatable bonds is 6. The molecule has 166 valence electrons. The Balaban J connectivity index is 1.33. The molecule has 5 rings (SSSR count). The number of amides is 2. The van der Waals surface area contributed by atoms with Crippen molar-refractivity contribution in [1.29, 1.82) is 0 Å². The molecule has 0 aliphatic carbocycles. The standard InChI is InChI=1S/C25H22N4O3S/c1-17-26-21-12-5-6-13-22(21)28(17)15-23(30)27-29-24(31)16-33-25(29)18-8-7-11-20(14-18)32-19-9-3-2-4-10-19/h2-14,25H,15-16H2,1H3,(H,27,30). The number of carbonyl (C=O) groups excluding carboxylic acids is 2. The van der Waals surface area contributed by atoms with Gasteiger partial charge in [-0.3, -0.25) is 15.0 Å². The minimum Gasteiger partial charge on any atom is -0.457 e. The molecule has 1 fully saturated rings. The van der Waals surface area contributed by atoms with Crippen LogP contribution in [0.15, 0.2) is 78.9 Å². The number of aryl methyl sites for hydroxylation is 1. The summed E-state index contributed by atoms with van der Waals surface area (Å²) >= 11 is 1.47. The Labute approximate surface area is 195 Å². The Morgan fingerprint density at radius 2 is 1.82 bits per heavy atom. The second-order valence-corrected chi connectivity index (χ2v) is 8.75. The average Bonchev–Trinajstić information content (AvgIpc) is 3.34. The Kier molecular flexibility index (Phi) is 5.75. The van der Waals surface area contributed by atoms with Crippen molar-refractivity contribution in [2.24, 2.45) is 0 Å². The Bertz CT molecular complexity index is 1320. The van der Waals surface area contributed by atoms with Crippen molar-refractivity contribution in [2.75, 3.05) is 5.75 Å². The molecule has 1 aromatic heterocycles. The lowest BCUT2D eigenvalue weighted by Gasteiger charge is -2.25. The van der Waals surface area contributed by atoms with Crippen molar-refractivity contribution in [3.8, 4) is 11.5 Å². The first-order chi connectivity index (χ1) is 16.1. The number of imidazole rings is 1. The average molecular weight is 459 g/mol. The maximum Gasteiger partial charge on any atom is 0.258 e. The van der Waals surface area contributed by atoms with E-state index in [0.29, 0.717) is 11.5 Å². The van der Waals surface area contributed by atoms with Crippen molar-refractivity contribution >= 4 is 34.6 Å². The van der Waals surface area contributed by atoms with Gasteiger partial charge in [-0.25, -0.2) is 9.99 Å². The molecule has 0 bridgehead atoms. The maximum atomic E-state index is 12.9. The molecule has 4 aromatic rings. The van der Waals surface area contributed by atoms with Gasteiger partial charge in [0.25, 0.3) is 11.8 Å². The van der Waals surface area contributed by atoms with Crippen LogP contribution in [-0.4, -0.2) is 32.1 Å². The number of fused-ring (bicyclic) bond motifs is 1. The van der Waals surface area contributed by atoms with E-state index in [1.165, 1.54) is 16.8 Å². The Morgan fingerprint density at radius 3 is 2.67 bits per heavy atom. The zero-order valence-corrected chi connectivity index (χ0v) is 18.8. The van der Waals surface area contributed by atoms with Gasteiger partial charge in [0.1, 0.15) is 29.2 Å². The number of ether oxygens (including phenoxy) is 1. The largest absolute Gasteiger partial charge is 0.457 e. The fourth-order valence-electron chi connectivity index (χ4n) is 3.86. The number of hydrogen-bond acceptors (Lipinski definition) is 5. The number of carbonyl (C=O) groups is 2. The number of benzene rings is 3. The lowest BCUT2D eigenvalue weighted by molar-refractivity contribution is -0.139. The third-order valence-electron chi connectivity index (χ3n) is 5.38. The number of nitrogens with zero attached hydrogens (tertiary/aromatic N) is 3. The molecular weight excluding hydrogens is 436 g/mol. The van der Waals surface area contributed by atoms with Gasteiger partial charge >= 0.3 is 0 Å². The molecule has 1 unspecified atom stereocenters. The molecule has 33 heavy (non-hydrogen) atoms. The molecule has 2 heterocycles. The second-order valence-electron chi connectivity index (χ2n) is 7.68. The number of hydrazine groups is 1. The minimum atomic E-state index is -0.332. The quantitative estimate of drug-likeness (QED) is 0.462. The van der Waals surface area contributed by atoms with Crippen LogP contribution in [0.1, 0.15) is 16.8 Å². The number of hydrogen-bond donors (Lipinski definition) is 1. The fourth-order valence-corrected chi connectivity index (χ4v) is 4.95. The van der Waals surface area contributed by atoms with Crippen LogP contribution in [0.2, 0.25) is 0 Å². The molecule has 1 aliphatic rings. The van der Waals surface area contributed by atoms with Crippen molar-refractivity contribution < 1.29 is 14.3 Å². The third kappa shape index (κ3) is 4.42. The van der Waals surface area contributed by atoms with Gasteiger partial charge in [0.2, 0.25) is 0 Å². The molecule has 0 saturated carbocycles. The maximum absolute atomic E-state index is 12.9. The summed E-state index contributed by atoms with van der Waals surface area (Å²) in [6, 6.07) is 24.8. The van der Waals surface area contributed by atoms with Gasteiger partial charge in [0.05, 0.1) is 16.8 Å². The zero-order chi connectivity index (χ0) is 22.8. The highest BCUT2D eigenvalue weighted by molar-refractivity contribution is 8.00.